The zero-order chi connectivity index (χ0) is 14.8. The van der Waals surface area contributed by atoms with Crippen molar-refractivity contribution in [3.05, 3.63) is 36.4 Å². The molecule has 108 valence electrons. The quantitative estimate of drug-likeness (QED) is 0.784. The van der Waals surface area contributed by atoms with E-state index < -0.39 is 29.5 Å². The van der Waals surface area contributed by atoms with Gasteiger partial charge in [0.05, 0.1) is 18.6 Å². The van der Waals surface area contributed by atoms with Crippen molar-refractivity contribution in [1.29, 1.82) is 0 Å². The number of hydrogen-bond acceptors (Lipinski definition) is 4. The van der Waals surface area contributed by atoms with E-state index in [1.807, 2.05) is 6.08 Å². The number of hydrogen-bond donors (Lipinski definition) is 2. The summed E-state index contributed by atoms with van der Waals surface area (Å²) in [6.45, 7) is 0.304. The number of nitrogens with zero attached hydrogens (tertiary/aromatic N) is 1. The molecule has 21 heavy (non-hydrogen) atoms. The van der Waals surface area contributed by atoms with Crippen LogP contribution in [0, 0.1) is 11.8 Å². The van der Waals surface area contributed by atoms with E-state index in [1.165, 1.54) is 17.0 Å². The number of benzene rings is 1. The maximum Gasteiger partial charge on any atom is 0.310 e. The Morgan fingerprint density at radius 2 is 2.05 bits per heavy atom. The molecule has 6 nitrogen and oxygen atoms in total. The summed E-state index contributed by atoms with van der Waals surface area (Å²) < 4.78 is 5.80. The van der Waals surface area contributed by atoms with Crippen LogP contribution in [-0.4, -0.2) is 40.3 Å². The number of carbonyl (C=O) groups excluding carboxylic acids is 1. The van der Waals surface area contributed by atoms with Crippen molar-refractivity contribution in [2.24, 2.45) is 11.8 Å². The molecule has 1 aromatic rings. The number of ether oxygens (including phenoxy) is 1. The number of phenolic OH excluding ortho intramolecular Hbond substituents is 1. The molecule has 4 rings (SSSR count). The smallest absolute Gasteiger partial charge is 0.310 e. The fraction of sp³-hybridized carbons (Fsp3) is 0.333. The number of rotatable bonds is 2. The van der Waals surface area contributed by atoms with Crippen LogP contribution in [-0.2, 0) is 14.3 Å². The molecule has 0 aromatic heterocycles. The summed E-state index contributed by atoms with van der Waals surface area (Å²) in [5.41, 5.74) is -0.200. The van der Waals surface area contributed by atoms with Gasteiger partial charge in [0.1, 0.15) is 17.3 Å². The molecule has 0 saturated carbocycles. The van der Waals surface area contributed by atoms with Crippen molar-refractivity contribution in [1.82, 2.24) is 0 Å². The number of fused-ring (bicyclic) bond motifs is 1. The van der Waals surface area contributed by atoms with Gasteiger partial charge in [-0.2, -0.15) is 0 Å². The molecule has 2 bridgehead atoms. The number of carbonyl (C=O) groups is 2. The Balaban J connectivity index is 1.73. The summed E-state index contributed by atoms with van der Waals surface area (Å²) in [5.74, 6) is -2.63. The van der Waals surface area contributed by atoms with Crippen molar-refractivity contribution in [2.45, 2.75) is 11.7 Å². The number of carboxylic acid groups (broad SMARTS) is 1. The standard InChI is InChI=1S/C15H13NO5/c17-9-3-1-8(2-4-9)16-7-15-6-5-10(21-15)11(14(19)20)12(15)13(16)18/h1-6,10-12,17H,7H2,(H,19,20)/t10-,11-,12+,15+/m1/s1. The van der Waals surface area contributed by atoms with Gasteiger partial charge in [-0.3, -0.25) is 9.59 Å². The SMILES string of the molecule is O=C(O)[C@H]1[C@H]2C(=O)N(c3ccc(O)cc3)C[C@@]23C=C[C@H]1O3. The maximum absolute atomic E-state index is 12.7. The zero-order valence-corrected chi connectivity index (χ0v) is 11.0. The van der Waals surface area contributed by atoms with Gasteiger partial charge in [0, 0.05) is 5.69 Å². The molecule has 2 saturated heterocycles. The van der Waals surface area contributed by atoms with Gasteiger partial charge in [-0.1, -0.05) is 12.2 Å². The Morgan fingerprint density at radius 1 is 1.33 bits per heavy atom. The van der Waals surface area contributed by atoms with Crippen LogP contribution in [0.5, 0.6) is 5.75 Å². The van der Waals surface area contributed by atoms with E-state index in [0.29, 0.717) is 12.2 Å². The van der Waals surface area contributed by atoms with Crippen LogP contribution in [0.25, 0.3) is 0 Å². The first-order valence-electron chi connectivity index (χ1n) is 6.72. The summed E-state index contributed by atoms with van der Waals surface area (Å²) in [6, 6.07) is 6.27. The summed E-state index contributed by atoms with van der Waals surface area (Å²) in [6.07, 6.45) is 3.04. The number of phenols is 1. The van der Waals surface area contributed by atoms with E-state index in [2.05, 4.69) is 0 Å². The van der Waals surface area contributed by atoms with Gasteiger partial charge >= 0.3 is 5.97 Å². The highest BCUT2D eigenvalue weighted by molar-refractivity contribution is 6.02. The largest absolute Gasteiger partial charge is 0.508 e. The van der Waals surface area contributed by atoms with E-state index >= 15 is 0 Å². The Morgan fingerprint density at radius 3 is 2.71 bits per heavy atom. The molecule has 0 aliphatic carbocycles. The van der Waals surface area contributed by atoms with E-state index in [4.69, 9.17) is 4.74 Å². The summed E-state index contributed by atoms with van der Waals surface area (Å²) in [5, 5.41) is 18.7. The van der Waals surface area contributed by atoms with Crippen molar-refractivity contribution >= 4 is 17.6 Å². The molecule has 1 spiro atoms. The lowest BCUT2D eigenvalue weighted by Gasteiger charge is -2.21. The van der Waals surface area contributed by atoms with Gasteiger partial charge in [-0.05, 0) is 24.3 Å². The summed E-state index contributed by atoms with van der Waals surface area (Å²) in [4.78, 5) is 25.6. The molecular weight excluding hydrogens is 274 g/mol. The fourth-order valence-electron chi connectivity index (χ4n) is 3.63. The van der Waals surface area contributed by atoms with Crippen LogP contribution in [0.1, 0.15) is 0 Å². The first-order chi connectivity index (χ1) is 10.0. The van der Waals surface area contributed by atoms with E-state index in [9.17, 15) is 19.8 Å². The Kier molecular flexibility index (Phi) is 2.28. The van der Waals surface area contributed by atoms with Gasteiger partial charge in [0.15, 0.2) is 0 Å². The van der Waals surface area contributed by atoms with Crippen molar-refractivity contribution < 1.29 is 24.5 Å². The Labute approximate surface area is 120 Å². The summed E-state index contributed by atoms with van der Waals surface area (Å²) >= 11 is 0. The molecule has 3 heterocycles. The topological polar surface area (TPSA) is 87.1 Å². The summed E-state index contributed by atoms with van der Waals surface area (Å²) in [7, 11) is 0. The number of aromatic hydroxyl groups is 1. The van der Waals surface area contributed by atoms with Crippen molar-refractivity contribution in [3.8, 4) is 5.75 Å². The number of anilines is 1. The maximum atomic E-state index is 12.7. The number of aliphatic carboxylic acids is 1. The molecule has 2 fully saturated rings. The second-order valence-corrected chi connectivity index (χ2v) is 5.68. The third-order valence-electron chi connectivity index (χ3n) is 4.55. The molecule has 0 unspecified atom stereocenters. The normalized spacial score (nSPS) is 36.3. The lowest BCUT2D eigenvalue weighted by Crippen LogP contribution is -2.39. The van der Waals surface area contributed by atoms with Crippen molar-refractivity contribution in [2.75, 3.05) is 11.4 Å². The van der Waals surface area contributed by atoms with Crippen molar-refractivity contribution in [3.63, 3.8) is 0 Å². The molecular formula is C15H13NO5. The van der Waals surface area contributed by atoms with E-state index in [1.54, 1.807) is 18.2 Å². The van der Waals surface area contributed by atoms with Crippen LogP contribution in [0.4, 0.5) is 5.69 Å². The Hall–Kier alpha value is -2.34. The second kappa shape index (κ2) is 3.85. The van der Waals surface area contributed by atoms with E-state index in [-0.39, 0.29) is 11.7 Å². The highest BCUT2D eigenvalue weighted by Crippen LogP contribution is 2.52. The first-order valence-corrected chi connectivity index (χ1v) is 6.72. The highest BCUT2D eigenvalue weighted by Gasteiger charge is 2.67. The number of amides is 1. The van der Waals surface area contributed by atoms with Crippen LogP contribution in [0.15, 0.2) is 36.4 Å². The van der Waals surface area contributed by atoms with Crippen LogP contribution < -0.4 is 4.90 Å². The van der Waals surface area contributed by atoms with E-state index in [0.717, 1.165) is 0 Å². The van der Waals surface area contributed by atoms with Crippen LogP contribution >= 0.6 is 0 Å². The van der Waals surface area contributed by atoms with Crippen LogP contribution in [0.2, 0.25) is 0 Å². The predicted octanol–water partition coefficient (Wildman–Crippen LogP) is 0.763. The average Bonchev–Trinajstić information content (AvgIpc) is 3.08. The molecule has 4 atom stereocenters. The molecule has 2 N–H and O–H groups in total. The Bertz CT molecular complexity index is 667. The monoisotopic (exact) mass is 287 g/mol. The molecule has 6 heteroatoms. The number of carboxylic acids is 1. The zero-order valence-electron chi connectivity index (χ0n) is 11.0. The van der Waals surface area contributed by atoms with Gasteiger partial charge < -0.3 is 19.8 Å². The highest BCUT2D eigenvalue weighted by atomic mass is 16.5. The van der Waals surface area contributed by atoms with Gasteiger partial charge in [-0.15, -0.1) is 0 Å². The average molecular weight is 287 g/mol. The third-order valence-corrected chi connectivity index (χ3v) is 4.55. The molecule has 1 amide bonds. The molecule has 3 aliphatic rings. The second-order valence-electron chi connectivity index (χ2n) is 5.68. The fourth-order valence-corrected chi connectivity index (χ4v) is 3.63. The molecule has 1 aromatic carbocycles. The predicted molar refractivity (Wildman–Crippen MR) is 71.8 cm³/mol. The third kappa shape index (κ3) is 1.50. The molecule has 3 aliphatic heterocycles. The minimum Gasteiger partial charge on any atom is -0.508 e. The lowest BCUT2D eigenvalue weighted by atomic mass is 9.77. The minimum absolute atomic E-state index is 0.115. The minimum atomic E-state index is -1.00. The molecule has 0 radical (unpaired) electrons. The van der Waals surface area contributed by atoms with Gasteiger partial charge in [-0.25, -0.2) is 0 Å². The van der Waals surface area contributed by atoms with Gasteiger partial charge in [0.25, 0.3) is 0 Å². The lowest BCUT2D eigenvalue weighted by molar-refractivity contribution is -0.146. The van der Waals surface area contributed by atoms with Crippen LogP contribution in [0.3, 0.4) is 0 Å². The van der Waals surface area contributed by atoms with Gasteiger partial charge in [0.2, 0.25) is 5.91 Å². The first kappa shape index (κ1) is 12.4.